The van der Waals surface area contributed by atoms with E-state index in [2.05, 4.69) is 24.1 Å². The smallest absolute Gasteiger partial charge is 0.253 e. The monoisotopic (exact) mass is 263 g/mol. The van der Waals surface area contributed by atoms with Crippen LogP contribution in [-0.2, 0) is 0 Å². The van der Waals surface area contributed by atoms with E-state index in [-0.39, 0.29) is 11.4 Å². The average Bonchev–Trinajstić information content (AvgIpc) is 2.27. The Balaban J connectivity index is 2.88. The summed E-state index contributed by atoms with van der Waals surface area (Å²) in [6, 6.07) is 3.67. The Hall–Kier alpha value is -1.42. The van der Waals surface area contributed by atoms with Crippen LogP contribution in [0.3, 0.4) is 0 Å². The van der Waals surface area contributed by atoms with Gasteiger partial charge in [-0.1, -0.05) is 13.8 Å². The molecule has 1 amide bonds. The molecule has 0 aliphatic rings. The molecule has 19 heavy (non-hydrogen) atoms. The van der Waals surface area contributed by atoms with Gasteiger partial charge in [0.2, 0.25) is 0 Å². The fraction of sp³-hybridized carbons (Fsp3) is 0.600. The predicted molar refractivity (Wildman–Crippen MR) is 78.1 cm³/mol. The minimum atomic E-state index is -0.372. The lowest BCUT2D eigenvalue weighted by molar-refractivity contribution is 0.0897. The lowest BCUT2D eigenvalue weighted by Gasteiger charge is -2.31. The van der Waals surface area contributed by atoms with Crippen LogP contribution in [-0.4, -0.2) is 23.0 Å². The van der Waals surface area contributed by atoms with Gasteiger partial charge < -0.3 is 11.1 Å². The van der Waals surface area contributed by atoms with E-state index in [1.165, 1.54) is 0 Å². The van der Waals surface area contributed by atoms with Crippen LogP contribution >= 0.6 is 0 Å². The van der Waals surface area contributed by atoms with E-state index in [4.69, 9.17) is 5.73 Å². The maximum atomic E-state index is 12.3. The molecule has 0 spiro atoms. The van der Waals surface area contributed by atoms with Crippen molar-refractivity contribution in [3.63, 3.8) is 0 Å². The van der Waals surface area contributed by atoms with Crippen LogP contribution in [0.15, 0.2) is 12.1 Å². The van der Waals surface area contributed by atoms with Crippen LogP contribution in [0.4, 0.5) is 0 Å². The Kier molecular flexibility index (Phi) is 5.06. The topological polar surface area (TPSA) is 68.0 Å². The second kappa shape index (κ2) is 6.15. The van der Waals surface area contributed by atoms with Gasteiger partial charge in [-0.3, -0.25) is 9.78 Å². The van der Waals surface area contributed by atoms with Gasteiger partial charge in [-0.05, 0) is 45.2 Å². The van der Waals surface area contributed by atoms with Crippen LogP contribution in [0, 0.1) is 19.8 Å². The van der Waals surface area contributed by atoms with Gasteiger partial charge in [-0.25, -0.2) is 0 Å². The summed E-state index contributed by atoms with van der Waals surface area (Å²) in [5.41, 5.74) is 7.73. The highest BCUT2D eigenvalue weighted by molar-refractivity contribution is 5.95. The summed E-state index contributed by atoms with van der Waals surface area (Å²) in [4.78, 5) is 16.6. The molecule has 0 aliphatic carbocycles. The van der Waals surface area contributed by atoms with Crippen LogP contribution < -0.4 is 11.1 Å². The zero-order valence-corrected chi connectivity index (χ0v) is 12.6. The Morgan fingerprint density at radius 2 is 2.05 bits per heavy atom. The Bertz CT molecular complexity index is 457. The molecule has 1 aromatic heterocycles. The molecule has 4 heteroatoms. The van der Waals surface area contributed by atoms with Crippen molar-refractivity contribution < 1.29 is 4.79 Å². The zero-order valence-electron chi connectivity index (χ0n) is 12.6. The molecule has 0 saturated carbocycles. The maximum absolute atomic E-state index is 12.3. The van der Waals surface area contributed by atoms with Gasteiger partial charge in [-0.15, -0.1) is 0 Å². The third kappa shape index (κ3) is 4.31. The molecule has 0 bridgehead atoms. The van der Waals surface area contributed by atoms with Crippen LogP contribution in [0.2, 0.25) is 0 Å². The Labute approximate surface area is 115 Å². The second-order valence-electron chi connectivity index (χ2n) is 5.90. The van der Waals surface area contributed by atoms with Gasteiger partial charge in [0.05, 0.1) is 11.3 Å². The molecule has 4 nitrogen and oxygen atoms in total. The van der Waals surface area contributed by atoms with Crippen molar-refractivity contribution in [1.29, 1.82) is 0 Å². The van der Waals surface area contributed by atoms with E-state index in [1.807, 2.05) is 32.9 Å². The fourth-order valence-corrected chi connectivity index (χ4v) is 2.35. The molecular formula is C15H25N3O. The van der Waals surface area contributed by atoms with E-state index in [1.54, 1.807) is 0 Å². The Morgan fingerprint density at radius 3 is 2.53 bits per heavy atom. The highest BCUT2D eigenvalue weighted by atomic mass is 16.1. The Morgan fingerprint density at radius 1 is 1.42 bits per heavy atom. The molecular weight excluding hydrogens is 238 g/mol. The normalized spacial score (nSPS) is 14.3. The minimum absolute atomic E-state index is 0.0985. The molecule has 106 valence electrons. The summed E-state index contributed by atoms with van der Waals surface area (Å²) in [6.07, 6.45) is 0.855. The number of pyridine rings is 1. The van der Waals surface area contributed by atoms with E-state index < -0.39 is 0 Å². The molecule has 0 fully saturated rings. The van der Waals surface area contributed by atoms with Gasteiger partial charge in [0.15, 0.2) is 0 Å². The summed E-state index contributed by atoms with van der Waals surface area (Å²) in [5, 5.41) is 3.05. The number of hydrogen-bond acceptors (Lipinski definition) is 3. The molecule has 1 aromatic rings. The fourth-order valence-electron chi connectivity index (χ4n) is 2.35. The maximum Gasteiger partial charge on any atom is 0.253 e. The first kappa shape index (κ1) is 15.6. The minimum Gasteiger partial charge on any atom is -0.346 e. The largest absolute Gasteiger partial charge is 0.346 e. The number of nitrogens with one attached hydrogen (secondary N) is 1. The number of rotatable bonds is 5. The van der Waals surface area contributed by atoms with Crippen LogP contribution in [0.1, 0.15) is 48.9 Å². The molecule has 1 rings (SSSR count). The summed E-state index contributed by atoms with van der Waals surface area (Å²) >= 11 is 0. The first-order valence-corrected chi connectivity index (χ1v) is 6.74. The predicted octanol–water partition coefficient (Wildman–Crippen LogP) is 2.19. The van der Waals surface area contributed by atoms with Crippen molar-refractivity contribution in [2.45, 2.75) is 46.6 Å². The molecule has 1 atom stereocenters. The highest BCUT2D eigenvalue weighted by Gasteiger charge is 2.26. The van der Waals surface area contributed by atoms with Crippen molar-refractivity contribution in [2.75, 3.05) is 6.54 Å². The molecule has 1 heterocycles. The number of carbonyl (C=O) groups excluding carboxylic acids is 1. The molecule has 0 aliphatic heterocycles. The number of nitrogens with two attached hydrogens (primary N) is 1. The number of aryl methyl sites for hydroxylation is 2. The SMILES string of the molecule is Cc1ccc(C(=O)NC(C)(CN)CC(C)C)c(C)n1. The van der Waals surface area contributed by atoms with E-state index in [0.29, 0.717) is 18.0 Å². The summed E-state index contributed by atoms with van der Waals surface area (Å²) in [7, 11) is 0. The number of aromatic nitrogens is 1. The van der Waals surface area contributed by atoms with Crippen molar-refractivity contribution in [3.05, 3.63) is 29.1 Å². The van der Waals surface area contributed by atoms with Crippen LogP contribution in [0.25, 0.3) is 0 Å². The average molecular weight is 263 g/mol. The lowest BCUT2D eigenvalue weighted by Crippen LogP contribution is -2.52. The van der Waals surface area contributed by atoms with E-state index in [9.17, 15) is 4.79 Å². The number of hydrogen-bond donors (Lipinski definition) is 2. The second-order valence-corrected chi connectivity index (χ2v) is 5.90. The number of nitrogens with zero attached hydrogens (tertiary/aromatic N) is 1. The number of carbonyl (C=O) groups is 1. The molecule has 3 N–H and O–H groups in total. The summed E-state index contributed by atoms with van der Waals surface area (Å²) in [6.45, 7) is 10.4. The van der Waals surface area contributed by atoms with Crippen molar-refractivity contribution in [2.24, 2.45) is 11.7 Å². The molecule has 1 unspecified atom stereocenters. The first-order chi connectivity index (χ1) is 8.77. The third-order valence-corrected chi connectivity index (χ3v) is 3.19. The summed E-state index contributed by atoms with van der Waals surface area (Å²) < 4.78 is 0. The molecule has 0 aromatic carbocycles. The van der Waals surface area contributed by atoms with E-state index >= 15 is 0 Å². The van der Waals surface area contributed by atoms with Gasteiger partial charge in [0.25, 0.3) is 5.91 Å². The quantitative estimate of drug-likeness (QED) is 0.855. The number of amides is 1. The van der Waals surface area contributed by atoms with Gasteiger partial charge in [-0.2, -0.15) is 0 Å². The van der Waals surface area contributed by atoms with Crippen molar-refractivity contribution >= 4 is 5.91 Å². The van der Waals surface area contributed by atoms with Gasteiger partial charge in [0.1, 0.15) is 0 Å². The summed E-state index contributed by atoms with van der Waals surface area (Å²) in [5.74, 6) is 0.379. The van der Waals surface area contributed by atoms with Crippen molar-refractivity contribution in [1.82, 2.24) is 10.3 Å². The van der Waals surface area contributed by atoms with Gasteiger partial charge >= 0.3 is 0 Å². The standard InChI is InChI=1S/C15H25N3O/c1-10(2)8-15(5,9-16)18-14(19)13-7-6-11(3)17-12(13)4/h6-7,10H,8-9,16H2,1-5H3,(H,18,19). The van der Waals surface area contributed by atoms with Gasteiger partial charge in [0, 0.05) is 17.8 Å². The highest BCUT2D eigenvalue weighted by Crippen LogP contribution is 2.17. The third-order valence-electron chi connectivity index (χ3n) is 3.19. The zero-order chi connectivity index (χ0) is 14.6. The van der Waals surface area contributed by atoms with E-state index in [0.717, 1.165) is 17.8 Å². The lowest BCUT2D eigenvalue weighted by atomic mass is 9.90. The molecule has 0 saturated heterocycles. The van der Waals surface area contributed by atoms with Crippen molar-refractivity contribution in [3.8, 4) is 0 Å². The first-order valence-electron chi connectivity index (χ1n) is 6.74. The van der Waals surface area contributed by atoms with Crippen LogP contribution in [0.5, 0.6) is 0 Å². The molecule has 0 radical (unpaired) electrons.